The highest BCUT2D eigenvalue weighted by atomic mass is 32.1. The minimum absolute atomic E-state index is 0.166. The van der Waals surface area contributed by atoms with Crippen LogP contribution in [0.2, 0.25) is 0 Å². The summed E-state index contributed by atoms with van der Waals surface area (Å²) in [6, 6.07) is 13.5. The third-order valence-electron chi connectivity index (χ3n) is 5.34. The van der Waals surface area contributed by atoms with Gasteiger partial charge < -0.3 is 14.5 Å². The molecular weight excluding hydrogens is 389 g/mol. The number of rotatable bonds is 3. The fourth-order valence-corrected chi connectivity index (χ4v) is 4.52. The smallest absolute Gasteiger partial charge is 0.256 e. The van der Waals surface area contributed by atoms with E-state index in [-0.39, 0.29) is 18.1 Å². The zero-order valence-corrected chi connectivity index (χ0v) is 17.5. The third kappa shape index (κ3) is 3.72. The van der Waals surface area contributed by atoms with Crippen molar-refractivity contribution in [3.05, 3.63) is 54.3 Å². The minimum atomic E-state index is -0.458. The second kappa shape index (κ2) is 7.72. The molecule has 0 saturated carbocycles. The van der Waals surface area contributed by atoms with Gasteiger partial charge in [-0.3, -0.25) is 9.69 Å². The molecule has 7 heteroatoms. The first kappa shape index (κ1) is 19.8. The molecule has 0 N–H and O–H groups in total. The van der Waals surface area contributed by atoms with Crippen LogP contribution in [0.25, 0.3) is 0 Å². The van der Waals surface area contributed by atoms with Crippen molar-refractivity contribution in [3.8, 4) is 0 Å². The number of halogens is 1. The summed E-state index contributed by atoms with van der Waals surface area (Å²) in [7, 11) is 0. The van der Waals surface area contributed by atoms with Gasteiger partial charge in [-0.15, -0.1) is 0 Å². The summed E-state index contributed by atoms with van der Waals surface area (Å²) in [6.07, 6.45) is 0.365. The maximum atomic E-state index is 13.7. The van der Waals surface area contributed by atoms with Gasteiger partial charge in [-0.2, -0.15) is 0 Å². The molecule has 4 rings (SSSR count). The topological polar surface area (TPSA) is 36.0 Å². The van der Waals surface area contributed by atoms with Gasteiger partial charge in [0, 0.05) is 24.5 Å². The van der Waals surface area contributed by atoms with Gasteiger partial charge in [-0.1, -0.05) is 6.07 Å². The largest absolute Gasteiger partial charge is 0.372 e. The van der Waals surface area contributed by atoms with Crippen molar-refractivity contribution in [1.82, 2.24) is 0 Å². The average Bonchev–Trinajstić information content (AvgIpc) is 2.90. The predicted molar refractivity (Wildman–Crippen MR) is 117 cm³/mol. The number of anilines is 3. The van der Waals surface area contributed by atoms with Crippen LogP contribution in [0, 0.1) is 5.82 Å². The van der Waals surface area contributed by atoms with E-state index in [1.807, 2.05) is 36.1 Å². The summed E-state index contributed by atoms with van der Waals surface area (Å²) >= 11 is 5.59. The molecular formula is C22H24FN3O2S. The molecule has 0 aromatic heterocycles. The highest BCUT2D eigenvalue weighted by Gasteiger charge is 2.41. The van der Waals surface area contributed by atoms with Crippen LogP contribution < -0.4 is 14.7 Å². The number of carbonyl (C=O) groups is 1. The van der Waals surface area contributed by atoms with Gasteiger partial charge in [-0.05, 0) is 75.5 Å². The van der Waals surface area contributed by atoms with Crippen molar-refractivity contribution in [2.24, 2.45) is 0 Å². The van der Waals surface area contributed by atoms with E-state index in [1.165, 1.54) is 17.0 Å². The summed E-state index contributed by atoms with van der Waals surface area (Å²) in [6.45, 7) is 7.65. The molecule has 0 bridgehead atoms. The number of carbonyl (C=O) groups excluding carboxylic acids is 1. The third-order valence-corrected chi connectivity index (χ3v) is 5.72. The molecule has 2 aromatic carbocycles. The van der Waals surface area contributed by atoms with E-state index in [0.717, 1.165) is 24.5 Å². The van der Waals surface area contributed by atoms with E-state index < -0.39 is 11.9 Å². The fraction of sp³-hybridized carbons (Fsp3) is 0.364. The molecule has 2 aliphatic rings. The van der Waals surface area contributed by atoms with Gasteiger partial charge in [-0.25, -0.2) is 4.39 Å². The van der Waals surface area contributed by atoms with Crippen molar-refractivity contribution < 1.29 is 13.9 Å². The van der Waals surface area contributed by atoms with Crippen LogP contribution in [0.1, 0.15) is 20.8 Å². The number of ether oxygens (including phenoxy) is 1. The second-order valence-electron chi connectivity index (χ2n) is 7.66. The van der Waals surface area contributed by atoms with E-state index in [0.29, 0.717) is 10.8 Å². The molecule has 29 heavy (non-hydrogen) atoms. The summed E-state index contributed by atoms with van der Waals surface area (Å²) in [5, 5.41) is 0.356. The Bertz CT molecular complexity index is 926. The van der Waals surface area contributed by atoms with E-state index in [2.05, 4.69) is 18.7 Å². The fourth-order valence-electron chi connectivity index (χ4n) is 4.06. The maximum absolute atomic E-state index is 13.7. The molecule has 3 atom stereocenters. The maximum Gasteiger partial charge on any atom is 0.256 e. The summed E-state index contributed by atoms with van der Waals surface area (Å²) < 4.78 is 19.5. The molecule has 0 radical (unpaired) electrons. The highest BCUT2D eigenvalue weighted by molar-refractivity contribution is 7.81. The van der Waals surface area contributed by atoms with E-state index in [1.54, 1.807) is 12.1 Å². The number of nitrogens with zero attached hydrogens (tertiary/aromatic N) is 3. The number of benzene rings is 2. The molecule has 2 fully saturated rings. The SMILES string of the molecule is CC1C(=O)N(c2cccc(F)c2)C(=S)N1c1ccc(N2C[C@@H](C)O[C@@H](C)C2)cc1. The Hall–Kier alpha value is -2.51. The predicted octanol–water partition coefficient (Wildman–Crippen LogP) is 3.97. The quantitative estimate of drug-likeness (QED) is 0.712. The zero-order valence-electron chi connectivity index (χ0n) is 16.7. The van der Waals surface area contributed by atoms with Gasteiger partial charge in [0.05, 0.1) is 17.9 Å². The molecule has 1 amide bonds. The van der Waals surface area contributed by atoms with E-state index in [9.17, 15) is 9.18 Å². The van der Waals surface area contributed by atoms with Crippen molar-refractivity contribution in [2.45, 2.75) is 39.0 Å². The molecule has 2 saturated heterocycles. The summed E-state index contributed by atoms with van der Waals surface area (Å²) in [5.41, 5.74) is 2.40. The van der Waals surface area contributed by atoms with Crippen LogP contribution in [-0.2, 0) is 9.53 Å². The standard InChI is InChI=1S/C22H24FN3O2S/c1-14-12-24(13-15(2)28-14)18-7-9-19(10-8-18)25-16(3)21(27)26(22(25)29)20-6-4-5-17(23)11-20/h4-11,14-16H,12-13H2,1-3H3/t14-,15+,16?. The molecule has 0 aliphatic carbocycles. The van der Waals surface area contributed by atoms with Crippen molar-refractivity contribution in [2.75, 3.05) is 27.8 Å². The lowest BCUT2D eigenvalue weighted by molar-refractivity contribution is -0.117. The minimum Gasteiger partial charge on any atom is -0.372 e. The normalized spacial score (nSPS) is 25.1. The first-order valence-electron chi connectivity index (χ1n) is 9.78. The van der Waals surface area contributed by atoms with Crippen LogP contribution in [-0.4, -0.2) is 42.4 Å². The van der Waals surface area contributed by atoms with Gasteiger partial charge in [0.2, 0.25) is 0 Å². The van der Waals surface area contributed by atoms with Gasteiger partial charge >= 0.3 is 0 Å². The summed E-state index contributed by atoms with van der Waals surface area (Å²) in [5.74, 6) is -0.567. The Morgan fingerprint density at radius 3 is 2.21 bits per heavy atom. The Morgan fingerprint density at radius 1 is 0.966 bits per heavy atom. The molecule has 1 unspecified atom stereocenters. The number of amides is 1. The first-order chi connectivity index (χ1) is 13.8. The van der Waals surface area contributed by atoms with Gasteiger partial charge in [0.25, 0.3) is 5.91 Å². The second-order valence-corrected chi connectivity index (χ2v) is 8.03. The highest BCUT2D eigenvalue weighted by Crippen LogP contribution is 2.32. The molecule has 2 aliphatic heterocycles. The molecule has 0 spiro atoms. The lowest BCUT2D eigenvalue weighted by Gasteiger charge is -2.37. The molecule has 5 nitrogen and oxygen atoms in total. The van der Waals surface area contributed by atoms with Crippen LogP contribution in [0.5, 0.6) is 0 Å². The molecule has 152 valence electrons. The van der Waals surface area contributed by atoms with E-state index in [4.69, 9.17) is 17.0 Å². The Labute approximate surface area is 175 Å². The number of hydrogen-bond acceptors (Lipinski definition) is 4. The van der Waals surface area contributed by atoms with Crippen LogP contribution in [0.15, 0.2) is 48.5 Å². The Kier molecular flexibility index (Phi) is 5.27. The number of thiocarbonyl (C=S) groups is 1. The van der Waals surface area contributed by atoms with Crippen LogP contribution in [0.4, 0.5) is 21.5 Å². The first-order valence-corrected chi connectivity index (χ1v) is 10.2. The summed E-state index contributed by atoms with van der Waals surface area (Å²) in [4.78, 5) is 18.4. The van der Waals surface area contributed by atoms with Crippen molar-refractivity contribution in [1.29, 1.82) is 0 Å². The van der Waals surface area contributed by atoms with E-state index >= 15 is 0 Å². The zero-order chi connectivity index (χ0) is 20.7. The number of hydrogen-bond donors (Lipinski definition) is 0. The average molecular weight is 414 g/mol. The monoisotopic (exact) mass is 413 g/mol. The van der Waals surface area contributed by atoms with Gasteiger partial charge in [0.15, 0.2) is 5.11 Å². The lowest BCUT2D eigenvalue weighted by Crippen LogP contribution is -2.45. The number of morpholine rings is 1. The van der Waals surface area contributed by atoms with Crippen LogP contribution >= 0.6 is 12.2 Å². The van der Waals surface area contributed by atoms with Crippen LogP contribution in [0.3, 0.4) is 0 Å². The van der Waals surface area contributed by atoms with Crippen molar-refractivity contribution in [3.63, 3.8) is 0 Å². The Balaban J connectivity index is 1.58. The molecule has 2 aromatic rings. The lowest BCUT2D eigenvalue weighted by atomic mass is 10.1. The molecule has 2 heterocycles. The van der Waals surface area contributed by atoms with Crippen molar-refractivity contribution >= 4 is 40.3 Å². The van der Waals surface area contributed by atoms with Gasteiger partial charge in [0.1, 0.15) is 11.9 Å². The Morgan fingerprint density at radius 2 is 1.59 bits per heavy atom.